The molecule has 3 N–H and O–H groups in total. The minimum Gasteiger partial charge on any atom is -0.462 e. The molecular formula is C47H72O14. The zero-order valence-electron chi connectivity index (χ0n) is 37.6. The van der Waals surface area contributed by atoms with Crippen molar-refractivity contribution >= 4 is 5.97 Å². The van der Waals surface area contributed by atoms with Crippen LogP contribution in [0.25, 0.3) is 0 Å². The summed E-state index contributed by atoms with van der Waals surface area (Å²) in [5, 5.41) is 34.1. The Bertz CT molecular complexity index is 1640. The molecule has 61 heavy (non-hydrogen) atoms. The predicted octanol–water partition coefficient (Wildman–Crippen LogP) is 5.36. The second kappa shape index (κ2) is 19.6. The summed E-state index contributed by atoms with van der Waals surface area (Å²) in [6.07, 6.45) is 7.07. The third-order valence-electron chi connectivity index (χ3n) is 14.6. The highest BCUT2D eigenvalue weighted by molar-refractivity contribution is 5.78. The number of allylic oxidation sites excluding steroid dienone is 2. The third kappa shape index (κ3) is 9.82. The zero-order valence-corrected chi connectivity index (χ0v) is 37.6. The van der Waals surface area contributed by atoms with E-state index < -0.39 is 90.8 Å². The van der Waals surface area contributed by atoms with Gasteiger partial charge in [-0.25, -0.2) is 0 Å². The maximum Gasteiger partial charge on any atom is 0.316 e. The summed E-state index contributed by atoms with van der Waals surface area (Å²) < 4.78 is 63.6. The minimum absolute atomic E-state index is 0.00323. The fourth-order valence-electron chi connectivity index (χ4n) is 10.6. The maximum absolute atomic E-state index is 14.3. The molecule has 2 bridgehead atoms. The normalized spacial score (nSPS) is 46.6. The molecule has 7 aliphatic rings. The Kier molecular flexibility index (Phi) is 15.1. The van der Waals surface area contributed by atoms with E-state index >= 15 is 0 Å². The van der Waals surface area contributed by atoms with Crippen LogP contribution in [0.5, 0.6) is 0 Å². The van der Waals surface area contributed by atoms with Gasteiger partial charge in [-0.15, -0.1) is 0 Å². The molecule has 344 valence electrons. The van der Waals surface area contributed by atoms with E-state index in [4.69, 9.17) is 47.4 Å². The highest BCUT2D eigenvalue weighted by atomic mass is 16.7. The van der Waals surface area contributed by atoms with Gasteiger partial charge in [-0.2, -0.15) is 0 Å². The van der Waals surface area contributed by atoms with E-state index in [2.05, 4.69) is 26.8 Å². The SMILES string of the molecule is CC[C@@H](C)[C@H]1O[C@]2(CC[C@@H]1C)C[C@@H]1C[C@@H](CC=C(C)[C@@H](O[C@H]3C[C@H](OC)[C@@H](O[C@H]4C[C@H](OC)[C@@H](O)[C@H](C)O4)[C@H](C)O3)CC=CC=C3CO[C@@H]4[C@H](O)C(C)=C[C@@H](C(=O)O1)[C@]34O)O2. The lowest BCUT2D eigenvalue weighted by atomic mass is 9.71. The summed E-state index contributed by atoms with van der Waals surface area (Å²) in [7, 11) is 3.22. The van der Waals surface area contributed by atoms with Crippen molar-refractivity contribution in [3.8, 4) is 0 Å². The Morgan fingerprint density at radius 2 is 1.64 bits per heavy atom. The van der Waals surface area contributed by atoms with Crippen LogP contribution in [0.2, 0.25) is 0 Å². The second-order valence-corrected chi connectivity index (χ2v) is 18.8. The van der Waals surface area contributed by atoms with Crippen molar-refractivity contribution in [3.63, 3.8) is 0 Å². The van der Waals surface area contributed by atoms with E-state index in [1.165, 1.54) is 0 Å². The van der Waals surface area contributed by atoms with Gasteiger partial charge < -0.3 is 62.7 Å². The molecule has 6 heterocycles. The Morgan fingerprint density at radius 3 is 2.38 bits per heavy atom. The minimum atomic E-state index is -1.81. The first-order valence-electron chi connectivity index (χ1n) is 22.7. The number of hydrogen-bond donors (Lipinski definition) is 3. The number of esters is 1. The van der Waals surface area contributed by atoms with E-state index in [9.17, 15) is 20.1 Å². The largest absolute Gasteiger partial charge is 0.462 e. The molecule has 7 rings (SSSR count). The quantitative estimate of drug-likeness (QED) is 0.211. The summed E-state index contributed by atoms with van der Waals surface area (Å²) in [4.78, 5) is 14.3. The van der Waals surface area contributed by atoms with Crippen LogP contribution in [-0.2, 0) is 52.2 Å². The standard InChI is InChI=1S/C47H72O14/c1-10-25(2)42-27(4)17-18-46(61-42)23-33-20-32(60-46)16-15-26(3)35(14-12-11-13-31-24-54-44-40(48)28(5)19-34(45(50)57-33)47(31,44)51)58-38-22-37(53-9)43(30(7)56-38)59-39-21-36(52-8)41(49)29(6)55-39/h11-13,15,19,25,27,29-30,32-44,48-49,51H,10,14,16-18,20-24H2,1-9H3/t25-,27+,29+,30+,32-,33+,34+,35+,36+,37+,38+,39+,40-,41+,42-,43+,44-,46-,47-/m1/s1. The molecule has 1 spiro atoms. The maximum atomic E-state index is 14.3. The number of rotatable bonds is 8. The number of aliphatic hydroxyl groups excluding tert-OH is 2. The molecule has 0 aromatic heterocycles. The first kappa shape index (κ1) is 46.9. The first-order valence-corrected chi connectivity index (χ1v) is 22.7. The van der Waals surface area contributed by atoms with Crippen molar-refractivity contribution in [3.05, 3.63) is 47.1 Å². The Labute approximate surface area is 361 Å². The summed E-state index contributed by atoms with van der Waals surface area (Å²) >= 11 is 0. The summed E-state index contributed by atoms with van der Waals surface area (Å²) in [5.41, 5.74) is 0.205. The Morgan fingerprint density at radius 1 is 0.918 bits per heavy atom. The van der Waals surface area contributed by atoms with Crippen LogP contribution in [-0.4, -0.2) is 139 Å². The van der Waals surface area contributed by atoms with Crippen LogP contribution in [0.15, 0.2) is 47.1 Å². The van der Waals surface area contributed by atoms with Gasteiger partial charge in [-0.05, 0) is 75.5 Å². The molecule has 19 atom stereocenters. The highest BCUT2D eigenvalue weighted by Crippen LogP contribution is 2.48. The first-order chi connectivity index (χ1) is 29.1. The van der Waals surface area contributed by atoms with Crippen LogP contribution in [0.1, 0.15) is 106 Å². The lowest BCUT2D eigenvalue weighted by Gasteiger charge is -2.51. The fourth-order valence-corrected chi connectivity index (χ4v) is 10.6. The summed E-state index contributed by atoms with van der Waals surface area (Å²) in [6, 6.07) is 0. The lowest BCUT2D eigenvalue weighted by molar-refractivity contribution is -0.340. The van der Waals surface area contributed by atoms with Gasteiger partial charge in [-0.3, -0.25) is 4.79 Å². The molecule has 5 fully saturated rings. The third-order valence-corrected chi connectivity index (χ3v) is 14.6. The number of aliphatic hydroxyl groups is 3. The lowest BCUT2D eigenvalue weighted by Crippen LogP contribution is -2.58. The van der Waals surface area contributed by atoms with Crippen molar-refractivity contribution in [1.82, 2.24) is 0 Å². The van der Waals surface area contributed by atoms with Crippen LogP contribution in [0.3, 0.4) is 0 Å². The van der Waals surface area contributed by atoms with Crippen LogP contribution < -0.4 is 0 Å². The average molecular weight is 861 g/mol. The summed E-state index contributed by atoms with van der Waals surface area (Å²) in [6.45, 7) is 14.2. The molecule has 14 nitrogen and oxygen atoms in total. The van der Waals surface area contributed by atoms with Crippen molar-refractivity contribution < 1.29 is 67.5 Å². The topological polar surface area (TPSA) is 170 Å². The van der Waals surface area contributed by atoms with Gasteiger partial charge in [0, 0.05) is 46.3 Å². The van der Waals surface area contributed by atoms with E-state index in [1.807, 2.05) is 26.0 Å². The van der Waals surface area contributed by atoms with Crippen molar-refractivity contribution in [2.75, 3.05) is 20.8 Å². The van der Waals surface area contributed by atoms with E-state index in [0.717, 1.165) is 18.4 Å². The molecule has 0 aromatic carbocycles. The number of methoxy groups -OCH3 is 2. The van der Waals surface area contributed by atoms with Crippen molar-refractivity contribution in [2.45, 2.75) is 203 Å². The smallest absolute Gasteiger partial charge is 0.316 e. The Balaban J connectivity index is 1.15. The molecule has 0 aromatic rings. The van der Waals surface area contributed by atoms with Crippen LogP contribution in [0.4, 0.5) is 0 Å². The van der Waals surface area contributed by atoms with E-state index in [1.54, 1.807) is 40.2 Å². The van der Waals surface area contributed by atoms with Gasteiger partial charge in [0.2, 0.25) is 0 Å². The Hall–Kier alpha value is -2.05. The van der Waals surface area contributed by atoms with Gasteiger partial charge in [0.1, 0.15) is 42.0 Å². The number of carbonyl (C=O) groups excluding carboxylic acids is 1. The molecule has 6 aliphatic heterocycles. The molecule has 0 unspecified atom stereocenters. The van der Waals surface area contributed by atoms with Gasteiger partial charge in [0.25, 0.3) is 0 Å². The molecule has 14 heteroatoms. The van der Waals surface area contributed by atoms with E-state index in [0.29, 0.717) is 67.9 Å². The molecule has 1 aliphatic carbocycles. The van der Waals surface area contributed by atoms with E-state index in [-0.39, 0.29) is 24.9 Å². The molecule has 0 saturated carbocycles. The number of ether oxygens (including phenoxy) is 10. The zero-order chi connectivity index (χ0) is 43.8. The number of hydrogen-bond acceptors (Lipinski definition) is 14. The van der Waals surface area contributed by atoms with Gasteiger partial charge in [0.05, 0.1) is 49.3 Å². The average Bonchev–Trinajstić information content (AvgIpc) is 3.58. The fraction of sp³-hybridized carbons (Fsp3) is 0.809. The van der Waals surface area contributed by atoms with Crippen molar-refractivity contribution in [1.29, 1.82) is 0 Å². The molecule has 0 amide bonds. The number of carbonyl (C=O) groups is 1. The number of fused-ring (bicyclic) bond motifs is 2. The van der Waals surface area contributed by atoms with Crippen LogP contribution >= 0.6 is 0 Å². The molecule has 0 radical (unpaired) electrons. The monoisotopic (exact) mass is 860 g/mol. The van der Waals surface area contributed by atoms with Crippen LogP contribution in [0, 0.1) is 17.8 Å². The van der Waals surface area contributed by atoms with Gasteiger partial charge in [0.15, 0.2) is 18.4 Å². The molecule has 5 saturated heterocycles. The predicted molar refractivity (Wildman–Crippen MR) is 223 cm³/mol. The molecular weight excluding hydrogens is 789 g/mol. The second-order valence-electron chi connectivity index (χ2n) is 18.8. The van der Waals surface area contributed by atoms with Gasteiger partial charge in [-0.1, -0.05) is 57.6 Å². The summed E-state index contributed by atoms with van der Waals surface area (Å²) in [5.74, 6) is -1.89. The highest BCUT2D eigenvalue weighted by Gasteiger charge is 2.60. The van der Waals surface area contributed by atoms with Gasteiger partial charge >= 0.3 is 5.97 Å². The van der Waals surface area contributed by atoms with Crippen molar-refractivity contribution in [2.24, 2.45) is 17.8 Å².